The van der Waals surface area contributed by atoms with Crippen molar-refractivity contribution in [2.24, 2.45) is 0 Å². The fraction of sp³-hybridized carbons (Fsp3) is 0.500. The fourth-order valence-electron chi connectivity index (χ4n) is 2.01. The lowest BCUT2D eigenvalue weighted by Gasteiger charge is -2.34. The number of aryl methyl sites for hydroxylation is 1. The lowest BCUT2D eigenvalue weighted by Crippen LogP contribution is -2.52. The zero-order chi connectivity index (χ0) is 11.5. The van der Waals surface area contributed by atoms with E-state index in [9.17, 15) is 4.79 Å². The van der Waals surface area contributed by atoms with Crippen LogP contribution in [0.3, 0.4) is 0 Å². The molecule has 4 nitrogen and oxygen atoms in total. The third kappa shape index (κ3) is 2.07. The minimum Gasteiger partial charge on any atom is -0.333 e. The van der Waals surface area contributed by atoms with Crippen molar-refractivity contribution in [3.8, 4) is 0 Å². The van der Waals surface area contributed by atoms with E-state index in [4.69, 9.17) is 0 Å². The Morgan fingerprint density at radius 3 is 3.12 bits per heavy atom. The van der Waals surface area contributed by atoms with E-state index >= 15 is 0 Å². The number of hydrogen-bond acceptors (Lipinski definition) is 3. The van der Waals surface area contributed by atoms with Crippen LogP contribution in [0.2, 0.25) is 0 Å². The lowest BCUT2D eigenvalue weighted by molar-refractivity contribution is 0.0654. The number of carbonyl (C=O) groups excluding carboxylic acids is 1. The quantitative estimate of drug-likeness (QED) is 0.760. The molecule has 1 atom stereocenters. The van der Waals surface area contributed by atoms with Gasteiger partial charge in [-0.3, -0.25) is 9.78 Å². The summed E-state index contributed by atoms with van der Waals surface area (Å²) in [4.78, 5) is 18.4. The van der Waals surface area contributed by atoms with Gasteiger partial charge >= 0.3 is 0 Å². The van der Waals surface area contributed by atoms with Crippen molar-refractivity contribution in [2.45, 2.75) is 19.9 Å². The van der Waals surface area contributed by atoms with Crippen LogP contribution in [-0.4, -0.2) is 41.5 Å². The Labute approximate surface area is 95.7 Å². The maximum atomic E-state index is 12.3. The molecule has 16 heavy (non-hydrogen) atoms. The maximum absolute atomic E-state index is 12.3. The SMILES string of the molecule is Cc1ncccc1C(=O)N1CCNC[C@@H]1C. The van der Waals surface area contributed by atoms with E-state index in [2.05, 4.69) is 17.2 Å². The van der Waals surface area contributed by atoms with E-state index in [0.717, 1.165) is 30.9 Å². The Kier molecular flexibility index (Phi) is 3.19. The second-order valence-corrected chi connectivity index (χ2v) is 4.19. The summed E-state index contributed by atoms with van der Waals surface area (Å²) in [6.07, 6.45) is 1.72. The van der Waals surface area contributed by atoms with Crippen molar-refractivity contribution in [1.82, 2.24) is 15.2 Å². The van der Waals surface area contributed by atoms with Gasteiger partial charge in [-0.1, -0.05) is 0 Å². The van der Waals surface area contributed by atoms with Crippen LogP contribution < -0.4 is 5.32 Å². The van der Waals surface area contributed by atoms with Gasteiger partial charge < -0.3 is 10.2 Å². The molecule has 0 bridgehead atoms. The Bertz CT molecular complexity index is 392. The Hall–Kier alpha value is -1.42. The second-order valence-electron chi connectivity index (χ2n) is 4.19. The Balaban J connectivity index is 2.21. The van der Waals surface area contributed by atoms with Crippen LogP contribution in [0.15, 0.2) is 18.3 Å². The van der Waals surface area contributed by atoms with Crippen LogP contribution in [0.1, 0.15) is 23.0 Å². The number of piperazine rings is 1. The molecule has 0 unspecified atom stereocenters. The summed E-state index contributed by atoms with van der Waals surface area (Å²) in [6, 6.07) is 3.91. The molecule has 1 aliphatic rings. The van der Waals surface area contributed by atoms with E-state index in [1.165, 1.54) is 0 Å². The largest absolute Gasteiger partial charge is 0.333 e. The molecule has 1 amide bonds. The van der Waals surface area contributed by atoms with E-state index < -0.39 is 0 Å². The number of pyridine rings is 1. The number of amides is 1. The number of carbonyl (C=O) groups is 1. The highest BCUT2D eigenvalue weighted by atomic mass is 16.2. The zero-order valence-electron chi connectivity index (χ0n) is 9.73. The molecule has 0 aromatic carbocycles. The average molecular weight is 219 g/mol. The van der Waals surface area contributed by atoms with E-state index in [1.54, 1.807) is 6.20 Å². The molecule has 1 saturated heterocycles. The molecule has 2 rings (SSSR count). The van der Waals surface area contributed by atoms with Crippen LogP contribution in [0.25, 0.3) is 0 Å². The molecular weight excluding hydrogens is 202 g/mol. The highest BCUT2D eigenvalue weighted by molar-refractivity contribution is 5.95. The summed E-state index contributed by atoms with van der Waals surface area (Å²) < 4.78 is 0. The van der Waals surface area contributed by atoms with E-state index in [0.29, 0.717) is 0 Å². The predicted molar refractivity (Wildman–Crippen MR) is 62.3 cm³/mol. The standard InChI is InChI=1S/C12H17N3O/c1-9-8-13-6-7-15(9)12(16)11-4-3-5-14-10(11)2/h3-5,9,13H,6-8H2,1-2H3/t9-/m0/s1. The molecule has 0 saturated carbocycles. The molecule has 86 valence electrons. The first kappa shape index (κ1) is 11.1. The van der Waals surface area contributed by atoms with Gasteiger partial charge in [-0.05, 0) is 26.0 Å². The number of nitrogens with zero attached hydrogens (tertiary/aromatic N) is 2. The third-order valence-electron chi connectivity index (χ3n) is 3.00. The molecule has 1 aliphatic heterocycles. The molecule has 1 N–H and O–H groups in total. The molecule has 0 aliphatic carbocycles. The smallest absolute Gasteiger partial charge is 0.256 e. The van der Waals surface area contributed by atoms with Gasteiger partial charge in [-0.2, -0.15) is 0 Å². The van der Waals surface area contributed by atoms with Gasteiger partial charge in [0.2, 0.25) is 0 Å². The highest BCUT2D eigenvalue weighted by Crippen LogP contribution is 2.12. The zero-order valence-corrected chi connectivity index (χ0v) is 9.73. The van der Waals surface area contributed by atoms with Crippen LogP contribution in [-0.2, 0) is 0 Å². The van der Waals surface area contributed by atoms with Crippen LogP contribution in [0, 0.1) is 6.92 Å². The van der Waals surface area contributed by atoms with Gasteiger partial charge in [0.05, 0.1) is 5.56 Å². The highest BCUT2D eigenvalue weighted by Gasteiger charge is 2.24. The summed E-state index contributed by atoms with van der Waals surface area (Å²) in [5.74, 6) is 0.0969. The number of hydrogen-bond donors (Lipinski definition) is 1. The van der Waals surface area contributed by atoms with Crippen molar-refractivity contribution in [3.63, 3.8) is 0 Å². The molecular formula is C12H17N3O. The van der Waals surface area contributed by atoms with E-state index in [-0.39, 0.29) is 11.9 Å². The van der Waals surface area contributed by atoms with Crippen LogP contribution in [0.4, 0.5) is 0 Å². The first-order chi connectivity index (χ1) is 7.70. The summed E-state index contributed by atoms with van der Waals surface area (Å²) in [6.45, 7) is 6.45. The van der Waals surface area contributed by atoms with Crippen molar-refractivity contribution in [1.29, 1.82) is 0 Å². The molecule has 0 radical (unpaired) electrons. The van der Waals surface area contributed by atoms with Gasteiger partial charge in [-0.15, -0.1) is 0 Å². The summed E-state index contributed by atoms with van der Waals surface area (Å²) in [7, 11) is 0. The maximum Gasteiger partial charge on any atom is 0.256 e. The summed E-state index contributed by atoms with van der Waals surface area (Å²) in [5, 5.41) is 3.28. The third-order valence-corrected chi connectivity index (χ3v) is 3.00. The van der Waals surface area contributed by atoms with Crippen LogP contribution >= 0.6 is 0 Å². The molecule has 2 heterocycles. The van der Waals surface area contributed by atoms with Gasteiger partial charge in [0, 0.05) is 37.6 Å². The molecule has 1 aromatic rings. The van der Waals surface area contributed by atoms with Gasteiger partial charge in [0.1, 0.15) is 0 Å². The van der Waals surface area contributed by atoms with Gasteiger partial charge in [0.15, 0.2) is 0 Å². The van der Waals surface area contributed by atoms with Crippen molar-refractivity contribution in [2.75, 3.05) is 19.6 Å². The Morgan fingerprint density at radius 1 is 1.62 bits per heavy atom. The second kappa shape index (κ2) is 4.61. The van der Waals surface area contributed by atoms with Crippen LogP contribution in [0.5, 0.6) is 0 Å². The first-order valence-electron chi connectivity index (χ1n) is 5.63. The first-order valence-corrected chi connectivity index (χ1v) is 5.63. The summed E-state index contributed by atoms with van der Waals surface area (Å²) in [5.41, 5.74) is 1.52. The number of aromatic nitrogens is 1. The van der Waals surface area contributed by atoms with Gasteiger partial charge in [0.25, 0.3) is 5.91 Å². The van der Waals surface area contributed by atoms with Crippen molar-refractivity contribution in [3.05, 3.63) is 29.6 Å². The minimum atomic E-state index is 0.0969. The predicted octanol–water partition coefficient (Wildman–Crippen LogP) is 0.824. The normalized spacial score (nSPS) is 20.9. The average Bonchev–Trinajstić information content (AvgIpc) is 2.29. The topological polar surface area (TPSA) is 45.2 Å². The Morgan fingerprint density at radius 2 is 2.44 bits per heavy atom. The monoisotopic (exact) mass is 219 g/mol. The van der Waals surface area contributed by atoms with E-state index in [1.807, 2.05) is 24.0 Å². The molecule has 1 fully saturated rings. The van der Waals surface area contributed by atoms with Gasteiger partial charge in [-0.25, -0.2) is 0 Å². The van der Waals surface area contributed by atoms with Crippen molar-refractivity contribution < 1.29 is 4.79 Å². The minimum absolute atomic E-state index is 0.0969. The molecule has 1 aromatic heterocycles. The lowest BCUT2D eigenvalue weighted by atomic mass is 10.1. The van der Waals surface area contributed by atoms with Crippen molar-refractivity contribution >= 4 is 5.91 Å². The number of nitrogens with one attached hydrogen (secondary N) is 1. The summed E-state index contributed by atoms with van der Waals surface area (Å²) >= 11 is 0. The molecule has 4 heteroatoms. The number of rotatable bonds is 1. The molecule has 0 spiro atoms. The fourth-order valence-corrected chi connectivity index (χ4v) is 2.01.